The summed E-state index contributed by atoms with van der Waals surface area (Å²) in [5, 5.41) is 19.8. The van der Waals surface area contributed by atoms with Crippen molar-refractivity contribution in [2.24, 2.45) is 17.8 Å². The second-order valence-electron chi connectivity index (χ2n) is 15.5. The van der Waals surface area contributed by atoms with Gasteiger partial charge < -0.3 is 24.8 Å². The molecule has 0 bridgehead atoms. The Balaban J connectivity index is 0.768. The van der Waals surface area contributed by atoms with Crippen LogP contribution in [0.25, 0.3) is 0 Å². The first-order valence-corrected chi connectivity index (χ1v) is 20.3. The molecule has 6 aliphatic rings. The van der Waals surface area contributed by atoms with Gasteiger partial charge in [0.05, 0.1) is 63.8 Å². The minimum Gasteiger partial charge on any atom is -0.378 e. The van der Waals surface area contributed by atoms with Crippen LogP contribution in [0.2, 0.25) is 0 Å². The lowest BCUT2D eigenvalue weighted by Crippen LogP contribution is -2.66. The van der Waals surface area contributed by atoms with Crippen molar-refractivity contribution in [2.75, 3.05) is 59.3 Å². The van der Waals surface area contributed by atoms with E-state index in [1.54, 1.807) is 0 Å². The standard InChI is InChI=1S/C37H64N8O7/c1-3-24(4-2)29-23-32(45-31(42-29)12-13-40-45)41-26-9-8-25(22-26)38-14-16-50-18-20-52-21-19-51-17-15-39-28-7-5-6-27-34(28)37(49)44(36(27)48)30-10-11-33(46)43-35(30)47/h24-32,34,38-42H,3-23H2,1-2H3,(H,43,46,47)/t25-,26-,27?,28?,29?,30?,31?,32?,34?/m0/s1. The van der Waals surface area contributed by atoms with Gasteiger partial charge >= 0.3 is 0 Å². The number of carbonyl (C=O) groups excluding carboxylic acids is 4. The monoisotopic (exact) mass is 732 g/mol. The van der Waals surface area contributed by atoms with Gasteiger partial charge in [-0.05, 0) is 57.3 Å². The van der Waals surface area contributed by atoms with Gasteiger partial charge in [-0.3, -0.25) is 45.5 Å². The fraction of sp³-hybridized carbons (Fsp3) is 0.892. The number of hydrazine groups is 1. The summed E-state index contributed by atoms with van der Waals surface area (Å²) in [6.07, 6.45) is 11.7. The number of nitrogens with zero attached hydrogens (tertiary/aromatic N) is 2. The maximum Gasteiger partial charge on any atom is 0.249 e. The average molecular weight is 733 g/mol. The van der Waals surface area contributed by atoms with Crippen LogP contribution in [-0.2, 0) is 33.4 Å². The summed E-state index contributed by atoms with van der Waals surface area (Å²) in [6.45, 7) is 10.2. The highest BCUT2D eigenvalue weighted by atomic mass is 16.5. The van der Waals surface area contributed by atoms with Crippen LogP contribution in [0.3, 0.4) is 0 Å². The molecule has 0 aromatic rings. The Hall–Kier alpha value is -2.08. The van der Waals surface area contributed by atoms with E-state index >= 15 is 0 Å². The zero-order valence-electron chi connectivity index (χ0n) is 31.4. The van der Waals surface area contributed by atoms with Gasteiger partial charge in [0.25, 0.3) is 0 Å². The van der Waals surface area contributed by atoms with Gasteiger partial charge in [-0.25, -0.2) is 5.01 Å². The van der Waals surface area contributed by atoms with E-state index in [0.717, 1.165) is 56.0 Å². The molecule has 15 heteroatoms. The lowest BCUT2D eigenvalue weighted by atomic mass is 9.77. The molecule has 4 aliphatic heterocycles. The van der Waals surface area contributed by atoms with Crippen molar-refractivity contribution in [3.05, 3.63) is 0 Å². The number of rotatable bonds is 20. The highest BCUT2D eigenvalue weighted by molar-refractivity contribution is 6.11. The molecule has 2 aliphatic carbocycles. The molecule has 52 heavy (non-hydrogen) atoms. The molecular formula is C37H64N8O7. The number of imide groups is 2. The highest BCUT2D eigenvalue weighted by Crippen LogP contribution is 2.40. The third-order valence-electron chi connectivity index (χ3n) is 12.3. The van der Waals surface area contributed by atoms with E-state index in [0.29, 0.717) is 83.1 Å². The van der Waals surface area contributed by atoms with E-state index in [2.05, 4.69) is 50.9 Å². The lowest BCUT2D eigenvalue weighted by Gasteiger charge is -2.45. The molecule has 0 radical (unpaired) electrons. The number of hydrogen-bond acceptors (Lipinski definition) is 13. The summed E-state index contributed by atoms with van der Waals surface area (Å²) in [4.78, 5) is 51.6. The number of piperidine rings is 1. The van der Waals surface area contributed by atoms with Crippen LogP contribution < -0.4 is 32.0 Å². The third kappa shape index (κ3) is 9.77. The second kappa shape index (κ2) is 19.5. The molecular weight excluding hydrogens is 668 g/mol. The number of nitrogens with one attached hydrogen (secondary N) is 6. The van der Waals surface area contributed by atoms with Gasteiger partial charge in [-0.15, -0.1) is 0 Å². The van der Waals surface area contributed by atoms with Crippen molar-refractivity contribution < 1.29 is 33.4 Å². The SMILES string of the molecule is CCC(CC)C1CC(N[C@H]2CC[C@H](NCCOCCOCCOCCNC3CCCC4C(=O)N(C5CCC(=O)NC5=O)C(=O)C34)C2)N2NCCC2N1. The number of hydrogen-bond donors (Lipinski definition) is 6. The van der Waals surface area contributed by atoms with E-state index in [1.807, 2.05) is 0 Å². The molecule has 6 rings (SSSR count). The zero-order valence-corrected chi connectivity index (χ0v) is 31.4. The Morgan fingerprint density at radius 3 is 2.23 bits per heavy atom. The zero-order chi connectivity index (χ0) is 36.5. The van der Waals surface area contributed by atoms with Gasteiger partial charge in [-0.2, -0.15) is 0 Å². The highest BCUT2D eigenvalue weighted by Gasteiger charge is 2.55. The van der Waals surface area contributed by atoms with Crippen molar-refractivity contribution in [1.29, 1.82) is 0 Å². The molecule has 0 spiro atoms. The topological polar surface area (TPSA) is 175 Å². The van der Waals surface area contributed by atoms with Crippen LogP contribution in [0.15, 0.2) is 0 Å². The van der Waals surface area contributed by atoms with Crippen LogP contribution in [-0.4, -0.2) is 135 Å². The van der Waals surface area contributed by atoms with Crippen molar-refractivity contribution in [1.82, 2.24) is 41.9 Å². The quantitative estimate of drug-likeness (QED) is 0.0749. The predicted molar refractivity (Wildman–Crippen MR) is 193 cm³/mol. The average Bonchev–Trinajstić information content (AvgIpc) is 3.86. The van der Waals surface area contributed by atoms with Crippen molar-refractivity contribution in [3.63, 3.8) is 0 Å². The number of carbonyl (C=O) groups is 4. The second-order valence-corrected chi connectivity index (χ2v) is 15.5. The fourth-order valence-electron chi connectivity index (χ4n) is 9.59. The van der Waals surface area contributed by atoms with Gasteiger partial charge in [-0.1, -0.05) is 33.1 Å². The molecule has 6 fully saturated rings. The predicted octanol–water partition coefficient (Wildman–Crippen LogP) is 0.346. The first-order chi connectivity index (χ1) is 25.4. The summed E-state index contributed by atoms with van der Waals surface area (Å²) >= 11 is 0. The summed E-state index contributed by atoms with van der Waals surface area (Å²) in [6, 6.07) is 0.609. The van der Waals surface area contributed by atoms with Crippen LogP contribution in [0.5, 0.6) is 0 Å². The van der Waals surface area contributed by atoms with Gasteiger partial charge in [0, 0.05) is 50.2 Å². The molecule has 9 atom stereocenters. The number of fused-ring (bicyclic) bond motifs is 2. The summed E-state index contributed by atoms with van der Waals surface area (Å²) in [5.74, 6) is -1.67. The Morgan fingerprint density at radius 1 is 0.788 bits per heavy atom. The van der Waals surface area contributed by atoms with Gasteiger partial charge in [0.1, 0.15) is 6.04 Å². The van der Waals surface area contributed by atoms with Crippen LogP contribution >= 0.6 is 0 Å². The van der Waals surface area contributed by atoms with Crippen molar-refractivity contribution >= 4 is 23.6 Å². The van der Waals surface area contributed by atoms with E-state index in [9.17, 15) is 19.2 Å². The van der Waals surface area contributed by atoms with E-state index in [1.165, 1.54) is 25.7 Å². The number of amides is 4. The largest absolute Gasteiger partial charge is 0.378 e. The summed E-state index contributed by atoms with van der Waals surface area (Å²) in [7, 11) is 0. The lowest BCUT2D eigenvalue weighted by molar-refractivity contribution is -0.151. The summed E-state index contributed by atoms with van der Waals surface area (Å²) < 4.78 is 17.2. The van der Waals surface area contributed by atoms with Crippen LogP contribution in [0.1, 0.15) is 90.9 Å². The van der Waals surface area contributed by atoms with Crippen LogP contribution in [0, 0.1) is 17.8 Å². The first kappa shape index (κ1) is 39.6. The maximum atomic E-state index is 13.3. The minimum absolute atomic E-state index is 0.130. The van der Waals surface area contributed by atoms with E-state index in [-0.39, 0.29) is 36.6 Å². The Kier molecular flexibility index (Phi) is 14.8. The molecule has 0 aromatic carbocycles. The molecule has 4 amide bonds. The summed E-state index contributed by atoms with van der Waals surface area (Å²) in [5.41, 5.74) is 3.62. The molecule has 4 saturated heterocycles. The molecule has 4 heterocycles. The van der Waals surface area contributed by atoms with Crippen LogP contribution in [0.4, 0.5) is 0 Å². The Bertz CT molecular complexity index is 1210. The Labute approximate surface area is 309 Å². The molecule has 15 nitrogen and oxygen atoms in total. The minimum atomic E-state index is -0.893. The molecule has 6 N–H and O–H groups in total. The van der Waals surface area contributed by atoms with E-state index in [4.69, 9.17) is 14.2 Å². The maximum absolute atomic E-state index is 13.3. The molecule has 2 saturated carbocycles. The normalized spacial score (nSPS) is 34.0. The van der Waals surface area contributed by atoms with Gasteiger partial charge in [0.2, 0.25) is 23.6 Å². The van der Waals surface area contributed by atoms with Crippen molar-refractivity contribution in [2.45, 2.75) is 133 Å². The fourth-order valence-corrected chi connectivity index (χ4v) is 9.59. The molecule has 294 valence electrons. The smallest absolute Gasteiger partial charge is 0.249 e. The first-order valence-electron chi connectivity index (χ1n) is 20.3. The molecule has 0 aromatic heterocycles. The van der Waals surface area contributed by atoms with E-state index < -0.39 is 23.8 Å². The number of likely N-dealkylation sites (tertiary alicyclic amines) is 1. The third-order valence-corrected chi connectivity index (χ3v) is 12.3. The van der Waals surface area contributed by atoms with Gasteiger partial charge in [0.15, 0.2) is 0 Å². The number of ether oxygens (including phenoxy) is 3. The Morgan fingerprint density at radius 2 is 1.50 bits per heavy atom. The molecule has 7 unspecified atom stereocenters. The van der Waals surface area contributed by atoms with Crippen molar-refractivity contribution in [3.8, 4) is 0 Å².